The number of nitrogens with two attached hydrogens (primary N) is 1. The average molecular weight is 1340 g/mol. The zero-order chi connectivity index (χ0) is 53.7. The highest BCUT2D eigenvalue weighted by atomic mass is 79.9. The third-order valence-electron chi connectivity index (χ3n) is 11.6. The minimum Gasteiger partial charge on any atom is -0.436 e. The summed E-state index contributed by atoms with van der Waals surface area (Å²) in [5.41, 5.74) is 13.5. The highest BCUT2D eigenvalue weighted by molar-refractivity contribution is 9.11. The van der Waals surface area contributed by atoms with E-state index in [-0.39, 0.29) is 17.1 Å². The van der Waals surface area contributed by atoms with E-state index in [9.17, 15) is 9.59 Å². The Bertz CT molecular complexity index is 3460. The van der Waals surface area contributed by atoms with Crippen molar-refractivity contribution in [1.29, 1.82) is 0 Å². The molecule has 2 aromatic heterocycles. The number of hydrogen-bond donors (Lipinski definition) is 2. The number of oxazole rings is 2. The molecule has 3 N–H and O–H groups in total. The summed E-state index contributed by atoms with van der Waals surface area (Å²) in [7, 11) is -0.451. The maximum absolute atomic E-state index is 12.0. The molecule has 1 aliphatic heterocycles. The van der Waals surface area contributed by atoms with E-state index in [2.05, 4.69) is 90.0 Å². The summed E-state index contributed by atoms with van der Waals surface area (Å²) in [6, 6.07) is 60.7. The first kappa shape index (κ1) is 57.0. The van der Waals surface area contributed by atoms with Crippen LogP contribution in [0.15, 0.2) is 225 Å². The number of carbonyl (C=O) groups excluding carboxylic acids is 2. The van der Waals surface area contributed by atoms with Gasteiger partial charge in [-0.2, -0.15) is 0 Å². The second-order valence-electron chi connectivity index (χ2n) is 17.3. The maximum Gasteiger partial charge on any atom is 0.497 e. The summed E-state index contributed by atoms with van der Waals surface area (Å²) >= 11 is 22.0. The van der Waals surface area contributed by atoms with Crippen molar-refractivity contribution >= 4 is 149 Å². The molecule has 0 bridgehead atoms. The third kappa shape index (κ3) is 15.0. The number of aromatic nitrogens is 2. The Kier molecular flexibility index (Phi) is 20.1. The van der Waals surface area contributed by atoms with Crippen molar-refractivity contribution in [2.75, 3.05) is 11.1 Å². The maximum atomic E-state index is 12.0. The predicted octanol–water partition coefficient (Wildman–Crippen LogP) is 17.4. The van der Waals surface area contributed by atoms with Crippen LogP contribution in [0.2, 0.25) is 0 Å². The SMILES string of the molecule is Brc1cccc2oc(-c3ccccc3)nc12.CC1(C)OB(c2cccc3oc(-c4ccccc4)nc23)OC1(C)C.Nc1c(Br)cccc1Br.O=C(Cl)c1ccccc1.O=C(Nc1c(Br)cccc1Br)c1ccccc1. The van der Waals surface area contributed by atoms with E-state index in [1.165, 1.54) is 0 Å². The first-order valence-electron chi connectivity index (χ1n) is 23.1. The van der Waals surface area contributed by atoms with Gasteiger partial charge in [-0.1, -0.05) is 115 Å². The third-order valence-corrected chi connectivity index (χ3v) is 15.2. The molecule has 8 aromatic carbocycles. The monoisotopic (exact) mass is 1340 g/mol. The van der Waals surface area contributed by atoms with Gasteiger partial charge in [-0.25, -0.2) is 9.97 Å². The number of benzene rings is 8. The standard InChI is InChI=1S/C19H20BNO3.C13H9Br2NO.C13H8BrNO.C7H5ClO.C6H5Br2N/c1-18(2)19(3,4)24-20(23-18)14-11-8-12-15-16(14)21-17(22-15)13-9-6-5-7-10-13;14-10-7-4-8-11(15)12(10)16-13(17)9-5-2-1-3-6-9;14-10-7-4-8-11-12(10)15-13(16-11)9-5-2-1-3-6-9;8-7(9)6-4-2-1-3-5-6;7-4-2-1-3-5(8)6(4)9/h5-12H,1-4H3;1-8H,(H,16,17);1-8H;1-5H;1-3H,9H2. The van der Waals surface area contributed by atoms with E-state index in [0.717, 1.165) is 72.5 Å². The normalized spacial score (nSPS) is 12.9. The lowest BCUT2D eigenvalue weighted by atomic mass is 9.78. The molecule has 1 fully saturated rings. The molecule has 75 heavy (non-hydrogen) atoms. The van der Waals surface area contributed by atoms with Gasteiger partial charge < -0.3 is 29.2 Å². The zero-order valence-corrected chi connectivity index (χ0v) is 49.4. The molecule has 0 radical (unpaired) electrons. The summed E-state index contributed by atoms with van der Waals surface area (Å²) in [6.45, 7) is 8.19. The number of rotatable bonds is 6. The summed E-state index contributed by atoms with van der Waals surface area (Å²) in [4.78, 5) is 31.5. The molecular weight excluding hydrogens is 1290 g/mol. The minimum atomic E-state index is -0.451. The van der Waals surface area contributed by atoms with Crippen LogP contribution in [0.1, 0.15) is 48.4 Å². The Labute approximate surface area is 482 Å². The van der Waals surface area contributed by atoms with Gasteiger partial charge in [0.1, 0.15) is 11.0 Å². The lowest BCUT2D eigenvalue weighted by Crippen LogP contribution is -2.41. The van der Waals surface area contributed by atoms with Gasteiger partial charge in [0.15, 0.2) is 11.2 Å². The second kappa shape index (κ2) is 26.4. The van der Waals surface area contributed by atoms with Crippen LogP contribution in [0, 0.1) is 0 Å². The van der Waals surface area contributed by atoms with Crippen LogP contribution in [0.25, 0.3) is 45.1 Å². The average Bonchev–Trinajstić information content (AvgIpc) is 4.13. The van der Waals surface area contributed by atoms with Crippen LogP contribution in [-0.2, 0) is 9.31 Å². The van der Waals surface area contributed by atoms with Crippen molar-refractivity contribution in [3.8, 4) is 22.9 Å². The van der Waals surface area contributed by atoms with E-state index in [1.807, 2.05) is 185 Å². The molecule has 0 spiro atoms. The van der Waals surface area contributed by atoms with Crippen LogP contribution in [-0.4, -0.2) is 39.4 Å². The molecule has 0 atom stereocenters. The fraction of sp³-hybridized carbons (Fsp3) is 0.103. The fourth-order valence-electron chi connectivity index (χ4n) is 6.93. The van der Waals surface area contributed by atoms with Crippen molar-refractivity contribution in [2.45, 2.75) is 38.9 Å². The molecule has 380 valence electrons. The molecule has 0 aliphatic carbocycles. The van der Waals surface area contributed by atoms with Gasteiger partial charge in [-0.3, -0.25) is 9.59 Å². The molecule has 1 saturated heterocycles. The van der Waals surface area contributed by atoms with E-state index in [4.69, 9.17) is 40.5 Å². The van der Waals surface area contributed by atoms with Crippen molar-refractivity contribution in [2.24, 2.45) is 0 Å². The topological polar surface area (TPSA) is 143 Å². The predicted molar refractivity (Wildman–Crippen MR) is 321 cm³/mol. The first-order chi connectivity index (χ1) is 35.9. The zero-order valence-electron chi connectivity index (χ0n) is 40.7. The van der Waals surface area contributed by atoms with E-state index >= 15 is 0 Å². The minimum absolute atomic E-state index is 0.127. The second-order valence-corrected chi connectivity index (χ2v) is 21.9. The van der Waals surface area contributed by atoms with Crippen LogP contribution in [0.4, 0.5) is 11.4 Å². The van der Waals surface area contributed by atoms with Crippen molar-refractivity contribution in [3.05, 3.63) is 228 Å². The van der Waals surface area contributed by atoms with Gasteiger partial charge in [0.25, 0.3) is 11.1 Å². The van der Waals surface area contributed by atoms with Crippen molar-refractivity contribution in [3.63, 3.8) is 0 Å². The van der Waals surface area contributed by atoms with Crippen LogP contribution < -0.4 is 16.5 Å². The highest BCUT2D eigenvalue weighted by Gasteiger charge is 2.52. The molecular formula is C58H47BBr5ClN4O6. The molecule has 1 amide bonds. The molecule has 3 heterocycles. The number of hydrogen-bond acceptors (Lipinski definition) is 9. The Balaban J connectivity index is 0.000000144. The fourth-order valence-corrected chi connectivity index (χ4v) is 9.68. The summed E-state index contributed by atoms with van der Waals surface area (Å²) in [5, 5.41) is 2.46. The Morgan fingerprint density at radius 3 is 1.32 bits per heavy atom. The molecule has 0 unspecified atom stereocenters. The lowest BCUT2D eigenvalue weighted by Gasteiger charge is -2.32. The van der Waals surface area contributed by atoms with Crippen molar-refractivity contribution in [1.82, 2.24) is 9.97 Å². The highest BCUT2D eigenvalue weighted by Crippen LogP contribution is 2.38. The molecule has 1 aliphatic rings. The number of halogens is 6. The number of amides is 1. The molecule has 10 nitrogen and oxygen atoms in total. The summed E-state index contributed by atoms with van der Waals surface area (Å²) < 4.78 is 28.5. The number of nitrogens with one attached hydrogen (secondary N) is 1. The van der Waals surface area contributed by atoms with Gasteiger partial charge in [0.2, 0.25) is 11.8 Å². The first-order valence-corrected chi connectivity index (χ1v) is 27.4. The van der Waals surface area contributed by atoms with Gasteiger partial charge in [-0.05, 0) is 198 Å². The van der Waals surface area contributed by atoms with Gasteiger partial charge >= 0.3 is 7.12 Å². The molecule has 17 heteroatoms. The van der Waals surface area contributed by atoms with Gasteiger partial charge in [0, 0.05) is 50.1 Å². The smallest absolute Gasteiger partial charge is 0.436 e. The number of carbonyl (C=O) groups is 2. The summed E-state index contributed by atoms with van der Waals surface area (Å²) in [6.07, 6.45) is 0. The van der Waals surface area contributed by atoms with Crippen LogP contribution in [0.3, 0.4) is 0 Å². The van der Waals surface area contributed by atoms with E-state index < -0.39 is 12.4 Å². The number of para-hydroxylation sites is 4. The van der Waals surface area contributed by atoms with E-state index in [0.29, 0.717) is 22.9 Å². The molecule has 10 aromatic rings. The largest absolute Gasteiger partial charge is 0.497 e. The van der Waals surface area contributed by atoms with Crippen LogP contribution in [0.5, 0.6) is 0 Å². The number of nitrogens with zero attached hydrogens (tertiary/aromatic N) is 2. The molecule has 0 saturated carbocycles. The summed E-state index contributed by atoms with van der Waals surface area (Å²) in [5.74, 6) is 1.13. The Morgan fingerprint density at radius 1 is 0.493 bits per heavy atom. The lowest BCUT2D eigenvalue weighted by molar-refractivity contribution is 0.00578. The Hall–Kier alpha value is -5.69. The van der Waals surface area contributed by atoms with Crippen LogP contribution >= 0.6 is 91.3 Å². The van der Waals surface area contributed by atoms with Gasteiger partial charge in [0.05, 0.1) is 22.6 Å². The molecule has 11 rings (SSSR count). The van der Waals surface area contributed by atoms with E-state index in [1.54, 1.807) is 36.4 Å². The number of fused-ring (bicyclic) bond motifs is 2. The van der Waals surface area contributed by atoms with Crippen molar-refractivity contribution < 1.29 is 27.7 Å². The Morgan fingerprint density at radius 2 is 0.880 bits per heavy atom. The van der Waals surface area contributed by atoms with Gasteiger partial charge in [-0.15, -0.1) is 0 Å². The number of nitrogen functional groups attached to an aromatic ring is 1. The quantitative estimate of drug-likeness (QED) is 0.0945. The number of anilines is 2.